The zero-order valence-corrected chi connectivity index (χ0v) is 17.1. The Bertz CT molecular complexity index is 1020. The van der Waals surface area contributed by atoms with Gasteiger partial charge in [0.2, 0.25) is 0 Å². The fourth-order valence-electron chi connectivity index (χ4n) is 5.06. The maximum atomic E-state index is 2.67. The number of benzene rings is 3. The predicted octanol–water partition coefficient (Wildman–Crippen LogP) is 6.45. The summed E-state index contributed by atoms with van der Waals surface area (Å²) in [5.41, 5.74) is 4.27. The first kappa shape index (κ1) is 18.4. The Labute approximate surface area is 173 Å². The second kappa shape index (κ2) is 8.42. The van der Waals surface area contributed by atoms with Crippen LogP contribution in [0.5, 0.6) is 0 Å². The zero-order chi connectivity index (χ0) is 19.5. The van der Waals surface area contributed by atoms with Gasteiger partial charge in [0.05, 0.1) is 0 Å². The van der Waals surface area contributed by atoms with Crippen molar-refractivity contribution in [3.05, 3.63) is 84.4 Å². The Kier molecular flexibility index (Phi) is 5.36. The smallest absolute Gasteiger partial charge is 0.0491 e. The number of aromatic nitrogens is 1. The van der Waals surface area contributed by atoms with E-state index in [1.165, 1.54) is 72.7 Å². The summed E-state index contributed by atoms with van der Waals surface area (Å²) in [5.74, 6) is 0.755. The Balaban J connectivity index is 1.17. The highest BCUT2D eigenvalue weighted by atomic mass is 15.1. The SMILES string of the molecule is c1ccc(C2CCN(CCCCn3c4ccccc4c4ccccc43)CC2)cc1. The van der Waals surface area contributed by atoms with E-state index in [1.807, 2.05) is 0 Å². The van der Waals surface area contributed by atoms with Crippen LogP contribution >= 0.6 is 0 Å². The van der Waals surface area contributed by atoms with Crippen LogP contribution in [0.1, 0.15) is 37.2 Å². The van der Waals surface area contributed by atoms with E-state index in [0.29, 0.717) is 0 Å². The molecule has 4 aromatic rings. The summed E-state index contributed by atoms with van der Waals surface area (Å²) in [6.07, 6.45) is 5.12. The van der Waals surface area contributed by atoms with Gasteiger partial charge in [-0.05, 0) is 68.9 Å². The molecule has 148 valence electrons. The quantitative estimate of drug-likeness (QED) is 0.348. The van der Waals surface area contributed by atoms with Crippen molar-refractivity contribution in [2.24, 2.45) is 0 Å². The van der Waals surface area contributed by atoms with Gasteiger partial charge < -0.3 is 9.47 Å². The summed E-state index contributed by atoms with van der Waals surface area (Å²) < 4.78 is 2.52. The van der Waals surface area contributed by atoms with Crippen LogP contribution < -0.4 is 0 Å². The molecule has 3 aromatic carbocycles. The summed E-state index contributed by atoms with van der Waals surface area (Å²) in [6, 6.07) is 28.7. The third-order valence-electron chi connectivity index (χ3n) is 6.64. The summed E-state index contributed by atoms with van der Waals surface area (Å²) >= 11 is 0. The fourth-order valence-corrected chi connectivity index (χ4v) is 5.06. The van der Waals surface area contributed by atoms with Gasteiger partial charge >= 0.3 is 0 Å². The average Bonchev–Trinajstić information content (AvgIpc) is 3.12. The molecule has 0 atom stereocenters. The molecule has 0 unspecified atom stereocenters. The molecule has 0 aliphatic carbocycles. The summed E-state index contributed by atoms with van der Waals surface area (Å²) in [5, 5.41) is 2.76. The molecule has 0 N–H and O–H groups in total. The molecule has 2 heteroatoms. The van der Waals surface area contributed by atoms with Gasteiger partial charge in [0.25, 0.3) is 0 Å². The van der Waals surface area contributed by atoms with Crippen molar-refractivity contribution in [2.45, 2.75) is 38.1 Å². The molecule has 0 spiro atoms. The van der Waals surface area contributed by atoms with Gasteiger partial charge in [0.15, 0.2) is 0 Å². The average molecular weight is 383 g/mol. The number of aryl methyl sites for hydroxylation is 1. The lowest BCUT2D eigenvalue weighted by Gasteiger charge is -2.32. The van der Waals surface area contributed by atoms with E-state index in [9.17, 15) is 0 Å². The van der Waals surface area contributed by atoms with Gasteiger partial charge in [0.1, 0.15) is 0 Å². The molecule has 0 amide bonds. The molecular weight excluding hydrogens is 352 g/mol. The lowest BCUT2D eigenvalue weighted by Crippen LogP contribution is -2.33. The van der Waals surface area contributed by atoms with Crippen LogP contribution in [-0.2, 0) is 6.54 Å². The molecule has 0 saturated carbocycles. The zero-order valence-electron chi connectivity index (χ0n) is 17.1. The number of likely N-dealkylation sites (tertiary alicyclic amines) is 1. The second-order valence-corrected chi connectivity index (χ2v) is 8.42. The van der Waals surface area contributed by atoms with Crippen molar-refractivity contribution in [1.82, 2.24) is 9.47 Å². The first-order valence-electron chi connectivity index (χ1n) is 11.1. The number of rotatable bonds is 6. The number of fused-ring (bicyclic) bond motifs is 3. The molecule has 1 aromatic heterocycles. The van der Waals surface area contributed by atoms with Gasteiger partial charge in [-0.3, -0.25) is 0 Å². The van der Waals surface area contributed by atoms with E-state index in [2.05, 4.69) is 88.3 Å². The molecule has 2 nitrogen and oxygen atoms in total. The molecule has 5 rings (SSSR count). The topological polar surface area (TPSA) is 8.17 Å². The van der Waals surface area contributed by atoms with Crippen LogP contribution in [0.3, 0.4) is 0 Å². The van der Waals surface area contributed by atoms with Crippen molar-refractivity contribution < 1.29 is 0 Å². The number of unbranched alkanes of at least 4 members (excludes halogenated alkanes) is 1. The largest absolute Gasteiger partial charge is 0.340 e. The first-order valence-corrected chi connectivity index (χ1v) is 11.1. The normalized spacial score (nSPS) is 16.0. The van der Waals surface area contributed by atoms with E-state index >= 15 is 0 Å². The van der Waals surface area contributed by atoms with Crippen molar-refractivity contribution in [1.29, 1.82) is 0 Å². The second-order valence-electron chi connectivity index (χ2n) is 8.42. The molecular formula is C27H30N2. The molecule has 1 fully saturated rings. The Hall–Kier alpha value is -2.58. The number of hydrogen-bond donors (Lipinski definition) is 0. The summed E-state index contributed by atoms with van der Waals surface area (Å²) in [4.78, 5) is 2.67. The highest BCUT2D eigenvalue weighted by Crippen LogP contribution is 2.30. The molecule has 0 bridgehead atoms. The first-order chi connectivity index (χ1) is 14.4. The van der Waals surface area contributed by atoms with Gasteiger partial charge in [-0.25, -0.2) is 0 Å². The number of hydrogen-bond acceptors (Lipinski definition) is 1. The maximum absolute atomic E-state index is 2.67. The van der Waals surface area contributed by atoms with Crippen molar-refractivity contribution in [3.63, 3.8) is 0 Å². The molecule has 2 heterocycles. The van der Waals surface area contributed by atoms with Gasteiger partial charge in [-0.1, -0.05) is 66.7 Å². The van der Waals surface area contributed by atoms with Crippen molar-refractivity contribution in [2.75, 3.05) is 19.6 Å². The lowest BCUT2D eigenvalue weighted by atomic mass is 9.89. The van der Waals surface area contributed by atoms with Gasteiger partial charge in [0, 0.05) is 28.4 Å². The van der Waals surface area contributed by atoms with Crippen LogP contribution in [0.25, 0.3) is 21.8 Å². The Morgan fingerprint density at radius 2 is 1.17 bits per heavy atom. The molecule has 29 heavy (non-hydrogen) atoms. The molecule has 1 aliphatic rings. The van der Waals surface area contributed by atoms with E-state index in [0.717, 1.165) is 12.5 Å². The number of para-hydroxylation sites is 2. The van der Waals surface area contributed by atoms with Gasteiger partial charge in [-0.2, -0.15) is 0 Å². The highest BCUT2D eigenvalue weighted by molar-refractivity contribution is 6.07. The molecule has 0 radical (unpaired) electrons. The molecule has 1 aliphatic heterocycles. The minimum atomic E-state index is 0.755. The van der Waals surface area contributed by atoms with E-state index in [4.69, 9.17) is 0 Å². The van der Waals surface area contributed by atoms with E-state index in [1.54, 1.807) is 0 Å². The predicted molar refractivity (Wildman–Crippen MR) is 124 cm³/mol. The van der Waals surface area contributed by atoms with E-state index in [-0.39, 0.29) is 0 Å². The summed E-state index contributed by atoms with van der Waals surface area (Å²) in [7, 11) is 0. The van der Waals surface area contributed by atoms with Gasteiger partial charge in [-0.15, -0.1) is 0 Å². The number of nitrogens with zero attached hydrogens (tertiary/aromatic N) is 2. The van der Waals surface area contributed by atoms with Crippen molar-refractivity contribution >= 4 is 21.8 Å². The standard InChI is InChI=1S/C27H30N2/c1-2-10-22(11-3-1)23-16-20-28(21-17-23)18-8-9-19-29-26-14-6-4-12-24(26)25-13-5-7-15-27(25)29/h1-7,10-15,23H,8-9,16-21H2. The van der Waals surface area contributed by atoms with Crippen LogP contribution in [-0.4, -0.2) is 29.1 Å². The minimum absolute atomic E-state index is 0.755. The van der Waals surface area contributed by atoms with Crippen LogP contribution in [0.2, 0.25) is 0 Å². The van der Waals surface area contributed by atoms with Crippen LogP contribution in [0, 0.1) is 0 Å². The summed E-state index contributed by atoms with van der Waals surface area (Å²) in [6.45, 7) is 4.83. The minimum Gasteiger partial charge on any atom is -0.340 e. The number of piperidine rings is 1. The maximum Gasteiger partial charge on any atom is 0.0491 e. The Morgan fingerprint density at radius 3 is 1.83 bits per heavy atom. The third kappa shape index (κ3) is 3.82. The Morgan fingerprint density at radius 1 is 0.621 bits per heavy atom. The van der Waals surface area contributed by atoms with Crippen molar-refractivity contribution in [3.8, 4) is 0 Å². The fraction of sp³-hybridized carbons (Fsp3) is 0.333. The molecule has 1 saturated heterocycles. The lowest BCUT2D eigenvalue weighted by molar-refractivity contribution is 0.208. The highest BCUT2D eigenvalue weighted by Gasteiger charge is 2.20. The van der Waals surface area contributed by atoms with Crippen LogP contribution in [0.15, 0.2) is 78.9 Å². The van der Waals surface area contributed by atoms with Crippen LogP contribution in [0.4, 0.5) is 0 Å². The monoisotopic (exact) mass is 382 g/mol. The third-order valence-corrected chi connectivity index (χ3v) is 6.64. The van der Waals surface area contributed by atoms with E-state index < -0.39 is 0 Å².